The number of halogens is 1. The third-order valence-corrected chi connectivity index (χ3v) is 4.46. The Morgan fingerprint density at radius 1 is 0.857 bits per heavy atom. The predicted molar refractivity (Wildman–Crippen MR) is 88.0 cm³/mol. The lowest BCUT2D eigenvalue weighted by Gasteiger charge is -2.17. The van der Waals surface area contributed by atoms with Gasteiger partial charge in [-0.3, -0.25) is 0 Å². The molecule has 2 rings (SSSR count). The van der Waals surface area contributed by atoms with Gasteiger partial charge in [-0.2, -0.15) is 0 Å². The molecule has 0 aromatic heterocycles. The Kier molecular flexibility index (Phi) is 5.12. The number of hydrogen-bond donors (Lipinski definition) is 0. The molecule has 3 nitrogen and oxygen atoms in total. The maximum absolute atomic E-state index is 5.47. The molecule has 0 bridgehead atoms. The molecule has 0 fully saturated rings. The van der Waals surface area contributed by atoms with Crippen LogP contribution < -0.4 is 14.2 Å². The van der Waals surface area contributed by atoms with E-state index in [0.717, 1.165) is 33.9 Å². The van der Waals surface area contributed by atoms with Gasteiger partial charge in [-0.05, 0) is 30.2 Å². The number of aryl methyl sites for hydroxylation is 1. The molecule has 1 unspecified atom stereocenters. The molecule has 0 aliphatic heterocycles. The summed E-state index contributed by atoms with van der Waals surface area (Å²) in [5.74, 6) is 2.44. The lowest BCUT2D eigenvalue weighted by Crippen LogP contribution is -1.99. The van der Waals surface area contributed by atoms with Crippen LogP contribution in [-0.2, 0) is 0 Å². The fraction of sp³-hybridized carbons (Fsp3) is 0.294. The molecule has 0 aliphatic carbocycles. The standard InChI is InChI=1S/C17H19BrO3/c1-11-5-6-12(9-15(11)20-3)17(18)14-8-7-13(19-2)10-16(14)21-4/h5-10,17H,1-4H3. The van der Waals surface area contributed by atoms with Gasteiger partial charge in [0.1, 0.15) is 17.2 Å². The van der Waals surface area contributed by atoms with Crippen LogP contribution >= 0.6 is 15.9 Å². The molecule has 0 radical (unpaired) electrons. The molecule has 0 aliphatic rings. The fourth-order valence-corrected chi connectivity index (χ4v) is 2.86. The molecule has 0 saturated carbocycles. The van der Waals surface area contributed by atoms with Crippen molar-refractivity contribution in [3.05, 3.63) is 53.1 Å². The zero-order valence-electron chi connectivity index (χ0n) is 12.6. The summed E-state index contributed by atoms with van der Waals surface area (Å²) in [7, 11) is 4.99. The van der Waals surface area contributed by atoms with Crippen molar-refractivity contribution < 1.29 is 14.2 Å². The molecule has 0 spiro atoms. The van der Waals surface area contributed by atoms with Gasteiger partial charge in [-0.15, -0.1) is 0 Å². The number of rotatable bonds is 5. The summed E-state index contributed by atoms with van der Waals surface area (Å²) < 4.78 is 16.1. The van der Waals surface area contributed by atoms with E-state index in [1.54, 1.807) is 21.3 Å². The second-order valence-corrected chi connectivity index (χ2v) is 5.62. The highest BCUT2D eigenvalue weighted by Crippen LogP contribution is 2.39. The maximum Gasteiger partial charge on any atom is 0.127 e. The van der Waals surface area contributed by atoms with Gasteiger partial charge in [0.2, 0.25) is 0 Å². The van der Waals surface area contributed by atoms with Crippen LogP contribution in [0.2, 0.25) is 0 Å². The van der Waals surface area contributed by atoms with Crippen LogP contribution in [0.25, 0.3) is 0 Å². The highest BCUT2D eigenvalue weighted by molar-refractivity contribution is 9.09. The molecular formula is C17H19BrO3. The van der Waals surface area contributed by atoms with Crippen LogP contribution in [0.15, 0.2) is 36.4 Å². The summed E-state index contributed by atoms with van der Waals surface area (Å²) >= 11 is 3.74. The minimum Gasteiger partial charge on any atom is -0.497 e. The van der Waals surface area contributed by atoms with Crippen LogP contribution in [0.3, 0.4) is 0 Å². The summed E-state index contributed by atoms with van der Waals surface area (Å²) in [5, 5.41) is 0. The van der Waals surface area contributed by atoms with Gasteiger partial charge >= 0.3 is 0 Å². The van der Waals surface area contributed by atoms with Crippen molar-refractivity contribution >= 4 is 15.9 Å². The van der Waals surface area contributed by atoms with E-state index in [4.69, 9.17) is 14.2 Å². The summed E-state index contributed by atoms with van der Waals surface area (Å²) in [4.78, 5) is 0.0212. The Bertz CT molecular complexity index is 625. The van der Waals surface area contributed by atoms with Crippen molar-refractivity contribution in [1.82, 2.24) is 0 Å². The van der Waals surface area contributed by atoms with Crippen LogP contribution in [0.1, 0.15) is 21.5 Å². The average molecular weight is 351 g/mol. The average Bonchev–Trinajstić information content (AvgIpc) is 2.54. The molecule has 0 saturated heterocycles. The van der Waals surface area contributed by atoms with Gasteiger partial charge in [0, 0.05) is 11.6 Å². The minimum atomic E-state index is 0.0212. The van der Waals surface area contributed by atoms with Crippen molar-refractivity contribution in [2.75, 3.05) is 21.3 Å². The van der Waals surface area contributed by atoms with Gasteiger partial charge in [-0.1, -0.05) is 34.1 Å². The molecule has 21 heavy (non-hydrogen) atoms. The predicted octanol–water partition coefficient (Wildman–Crippen LogP) is 4.51. The zero-order chi connectivity index (χ0) is 15.4. The normalized spacial score (nSPS) is 11.9. The van der Waals surface area contributed by atoms with E-state index in [1.807, 2.05) is 31.2 Å². The van der Waals surface area contributed by atoms with Crippen molar-refractivity contribution in [3.8, 4) is 17.2 Å². The van der Waals surface area contributed by atoms with Crippen molar-refractivity contribution in [1.29, 1.82) is 0 Å². The molecular weight excluding hydrogens is 332 g/mol. The number of hydrogen-bond acceptors (Lipinski definition) is 3. The first-order chi connectivity index (χ1) is 10.1. The number of alkyl halides is 1. The van der Waals surface area contributed by atoms with Gasteiger partial charge < -0.3 is 14.2 Å². The summed E-state index contributed by atoms with van der Waals surface area (Å²) in [6, 6.07) is 12.0. The van der Waals surface area contributed by atoms with Gasteiger partial charge in [-0.25, -0.2) is 0 Å². The molecule has 4 heteroatoms. The first-order valence-corrected chi connectivity index (χ1v) is 7.52. The number of ether oxygens (including phenoxy) is 3. The quantitative estimate of drug-likeness (QED) is 0.742. The summed E-state index contributed by atoms with van der Waals surface area (Å²) in [6.45, 7) is 2.03. The Hall–Kier alpha value is -1.68. The number of methoxy groups -OCH3 is 3. The molecule has 2 aromatic carbocycles. The molecule has 0 amide bonds. The van der Waals surface area contributed by atoms with E-state index >= 15 is 0 Å². The monoisotopic (exact) mass is 350 g/mol. The third-order valence-electron chi connectivity index (χ3n) is 3.44. The van der Waals surface area contributed by atoms with E-state index in [9.17, 15) is 0 Å². The molecule has 1 atom stereocenters. The molecule has 112 valence electrons. The highest BCUT2D eigenvalue weighted by atomic mass is 79.9. The highest BCUT2D eigenvalue weighted by Gasteiger charge is 2.17. The maximum atomic E-state index is 5.47. The lowest BCUT2D eigenvalue weighted by atomic mass is 10.0. The van der Waals surface area contributed by atoms with E-state index in [2.05, 4.69) is 28.1 Å². The minimum absolute atomic E-state index is 0.0212. The molecule has 0 N–H and O–H groups in total. The first kappa shape index (κ1) is 15.7. The second kappa shape index (κ2) is 6.85. The Morgan fingerprint density at radius 2 is 1.57 bits per heavy atom. The van der Waals surface area contributed by atoms with Crippen LogP contribution in [0.5, 0.6) is 17.2 Å². The fourth-order valence-electron chi connectivity index (χ4n) is 2.20. The van der Waals surface area contributed by atoms with Crippen LogP contribution in [0.4, 0.5) is 0 Å². The Balaban J connectivity index is 2.41. The molecule has 0 heterocycles. The first-order valence-electron chi connectivity index (χ1n) is 6.61. The van der Waals surface area contributed by atoms with Crippen LogP contribution in [0, 0.1) is 6.92 Å². The van der Waals surface area contributed by atoms with Crippen molar-refractivity contribution in [2.24, 2.45) is 0 Å². The van der Waals surface area contributed by atoms with Crippen molar-refractivity contribution in [2.45, 2.75) is 11.8 Å². The SMILES string of the molecule is COc1ccc(C(Br)c2ccc(C)c(OC)c2)c(OC)c1. The second-order valence-electron chi connectivity index (χ2n) is 4.70. The summed E-state index contributed by atoms with van der Waals surface area (Å²) in [6.07, 6.45) is 0. The number of benzene rings is 2. The van der Waals surface area contributed by atoms with E-state index in [-0.39, 0.29) is 4.83 Å². The van der Waals surface area contributed by atoms with E-state index in [0.29, 0.717) is 0 Å². The smallest absolute Gasteiger partial charge is 0.127 e. The van der Waals surface area contributed by atoms with Gasteiger partial charge in [0.05, 0.1) is 26.2 Å². The topological polar surface area (TPSA) is 27.7 Å². The molecule has 2 aromatic rings. The Labute approximate surface area is 134 Å². The third kappa shape index (κ3) is 3.32. The van der Waals surface area contributed by atoms with E-state index in [1.165, 1.54) is 0 Å². The summed E-state index contributed by atoms with van der Waals surface area (Å²) in [5.41, 5.74) is 3.27. The lowest BCUT2D eigenvalue weighted by molar-refractivity contribution is 0.391. The van der Waals surface area contributed by atoms with Crippen LogP contribution in [-0.4, -0.2) is 21.3 Å². The Morgan fingerprint density at radius 3 is 2.19 bits per heavy atom. The van der Waals surface area contributed by atoms with Gasteiger partial charge in [0.15, 0.2) is 0 Å². The largest absolute Gasteiger partial charge is 0.497 e. The van der Waals surface area contributed by atoms with Crippen molar-refractivity contribution in [3.63, 3.8) is 0 Å². The van der Waals surface area contributed by atoms with E-state index < -0.39 is 0 Å². The van der Waals surface area contributed by atoms with Gasteiger partial charge in [0.25, 0.3) is 0 Å². The zero-order valence-corrected chi connectivity index (χ0v) is 14.2.